The number of benzene rings is 3. The second-order valence-electron chi connectivity index (χ2n) is 7.55. The van der Waals surface area contributed by atoms with Crippen LogP contribution in [0.3, 0.4) is 0 Å². The van der Waals surface area contributed by atoms with Crippen molar-refractivity contribution in [3.63, 3.8) is 0 Å². The van der Waals surface area contributed by atoms with Gasteiger partial charge in [-0.2, -0.15) is 0 Å². The maximum Gasteiger partial charge on any atom is 0.295 e. The number of aryl methyl sites for hydroxylation is 4. The Morgan fingerprint density at radius 2 is 1.53 bits per heavy atom. The third kappa shape index (κ3) is 3.74. The molecule has 0 unspecified atom stereocenters. The molecule has 3 aromatic carbocycles. The Hall–Kier alpha value is -3.73. The number of hydrogen-bond donors (Lipinski definition) is 1. The second kappa shape index (κ2) is 7.95. The molecule has 4 rings (SSSR count). The van der Waals surface area contributed by atoms with Crippen molar-refractivity contribution in [1.29, 1.82) is 0 Å². The zero-order valence-electron chi connectivity index (χ0n) is 17.6. The molecule has 1 heterocycles. The monoisotopic (exact) mass is 396 g/mol. The number of hydrogen-bond acceptors (Lipinski definition) is 3. The highest BCUT2D eigenvalue weighted by Crippen LogP contribution is 2.25. The van der Waals surface area contributed by atoms with Crippen LogP contribution in [0.4, 0.5) is 5.69 Å². The number of nitrogens with one attached hydrogen (secondary N) is 1. The lowest BCUT2D eigenvalue weighted by atomic mass is 10.1. The summed E-state index contributed by atoms with van der Waals surface area (Å²) in [7, 11) is 0. The summed E-state index contributed by atoms with van der Waals surface area (Å²) in [5.74, 6) is 0.443. The van der Waals surface area contributed by atoms with Crippen LogP contribution in [0.5, 0.6) is 0 Å². The Kier molecular flexibility index (Phi) is 5.19. The Balaban J connectivity index is 1.80. The van der Waals surface area contributed by atoms with Crippen LogP contribution in [0.2, 0.25) is 0 Å². The number of rotatable bonds is 4. The van der Waals surface area contributed by atoms with Crippen LogP contribution in [0, 0.1) is 27.7 Å². The average molecular weight is 396 g/mol. The van der Waals surface area contributed by atoms with Crippen LogP contribution in [-0.4, -0.2) is 20.7 Å². The van der Waals surface area contributed by atoms with Crippen molar-refractivity contribution < 1.29 is 4.79 Å². The highest BCUT2D eigenvalue weighted by atomic mass is 16.2. The summed E-state index contributed by atoms with van der Waals surface area (Å²) in [4.78, 5) is 17.7. The fraction of sp³-hybridized carbons (Fsp3) is 0.160. The van der Waals surface area contributed by atoms with Gasteiger partial charge in [0.15, 0.2) is 5.82 Å². The number of nitrogens with zero attached hydrogens (tertiary/aromatic N) is 3. The Morgan fingerprint density at radius 3 is 2.20 bits per heavy atom. The summed E-state index contributed by atoms with van der Waals surface area (Å²) < 4.78 is 1.75. The van der Waals surface area contributed by atoms with Crippen molar-refractivity contribution in [3.8, 4) is 17.1 Å². The van der Waals surface area contributed by atoms with Gasteiger partial charge in [-0.3, -0.25) is 4.79 Å². The summed E-state index contributed by atoms with van der Waals surface area (Å²) in [5.41, 5.74) is 6.84. The van der Waals surface area contributed by atoms with E-state index in [0.29, 0.717) is 5.82 Å². The molecule has 0 aliphatic carbocycles. The van der Waals surface area contributed by atoms with E-state index in [1.54, 1.807) is 4.68 Å². The van der Waals surface area contributed by atoms with E-state index >= 15 is 0 Å². The fourth-order valence-corrected chi connectivity index (χ4v) is 3.57. The topological polar surface area (TPSA) is 59.8 Å². The predicted octanol–water partition coefficient (Wildman–Crippen LogP) is 5.42. The Morgan fingerprint density at radius 1 is 0.833 bits per heavy atom. The number of anilines is 1. The molecule has 30 heavy (non-hydrogen) atoms. The van der Waals surface area contributed by atoms with Crippen molar-refractivity contribution in [3.05, 3.63) is 94.8 Å². The number of aromatic nitrogens is 3. The van der Waals surface area contributed by atoms with Gasteiger partial charge < -0.3 is 5.32 Å². The average Bonchev–Trinajstić information content (AvgIpc) is 3.17. The van der Waals surface area contributed by atoms with Crippen molar-refractivity contribution in [2.24, 2.45) is 0 Å². The van der Waals surface area contributed by atoms with Gasteiger partial charge in [0, 0.05) is 11.3 Å². The molecule has 0 fully saturated rings. The Labute approximate surface area is 176 Å². The first-order valence-electron chi connectivity index (χ1n) is 9.91. The molecule has 0 bridgehead atoms. The molecule has 150 valence electrons. The third-order valence-electron chi connectivity index (χ3n) is 5.14. The van der Waals surface area contributed by atoms with Crippen molar-refractivity contribution in [2.45, 2.75) is 27.7 Å². The van der Waals surface area contributed by atoms with Crippen molar-refractivity contribution >= 4 is 11.6 Å². The van der Waals surface area contributed by atoms with Crippen LogP contribution in [0.15, 0.2) is 66.7 Å². The van der Waals surface area contributed by atoms with Crippen LogP contribution in [0.25, 0.3) is 17.1 Å². The first-order valence-corrected chi connectivity index (χ1v) is 9.91. The second-order valence-corrected chi connectivity index (χ2v) is 7.55. The smallest absolute Gasteiger partial charge is 0.295 e. The standard InChI is InChI=1S/C25H24N4O/c1-16-13-14-21(19(4)15-16)29-24(20-11-6-5-7-12-20)27-23(28-29)25(30)26-22-17(2)9-8-10-18(22)3/h5-15H,1-4H3,(H,26,30). The Bertz CT molecular complexity index is 1210. The molecule has 4 aromatic rings. The summed E-state index contributed by atoms with van der Waals surface area (Å²) in [6, 6.07) is 21.9. The zero-order chi connectivity index (χ0) is 21.3. The van der Waals surface area contributed by atoms with Gasteiger partial charge in [-0.15, -0.1) is 5.10 Å². The van der Waals surface area contributed by atoms with Gasteiger partial charge in [0.1, 0.15) is 0 Å². The van der Waals surface area contributed by atoms with Crippen LogP contribution in [0.1, 0.15) is 32.9 Å². The minimum absolute atomic E-state index is 0.136. The normalized spacial score (nSPS) is 10.8. The van der Waals surface area contributed by atoms with Gasteiger partial charge in [-0.05, 0) is 50.5 Å². The molecule has 0 saturated carbocycles. The molecule has 1 aromatic heterocycles. The van der Waals surface area contributed by atoms with Crippen molar-refractivity contribution in [1.82, 2.24) is 14.8 Å². The molecule has 1 amide bonds. The first kappa shape index (κ1) is 19.6. The molecule has 0 spiro atoms. The van der Waals surface area contributed by atoms with E-state index in [0.717, 1.165) is 33.6 Å². The van der Waals surface area contributed by atoms with Gasteiger partial charge in [0.05, 0.1) is 5.69 Å². The lowest BCUT2D eigenvalue weighted by Gasteiger charge is -2.10. The van der Waals surface area contributed by atoms with Crippen LogP contribution < -0.4 is 5.32 Å². The summed E-state index contributed by atoms with van der Waals surface area (Å²) in [6.45, 7) is 8.04. The predicted molar refractivity (Wildman–Crippen MR) is 120 cm³/mol. The molecule has 0 saturated heterocycles. The maximum absolute atomic E-state index is 13.0. The number of para-hydroxylation sites is 1. The van der Waals surface area contributed by atoms with Gasteiger partial charge in [-0.25, -0.2) is 9.67 Å². The van der Waals surface area contributed by atoms with E-state index in [1.165, 1.54) is 5.56 Å². The van der Waals surface area contributed by atoms with Crippen LogP contribution >= 0.6 is 0 Å². The van der Waals surface area contributed by atoms with Gasteiger partial charge in [0.2, 0.25) is 5.82 Å². The maximum atomic E-state index is 13.0. The molecule has 5 heteroatoms. The summed E-state index contributed by atoms with van der Waals surface area (Å²) in [5, 5.41) is 7.58. The van der Waals surface area contributed by atoms with Gasteiger partial charge in [0.25, 0.3) is 5.91 Å². The van der Waals surface area contributed by atoms with Gasteiger partial charge in [-0.1, -0.05) is 66.2 Å². The molecule has 0 atom stereocenters. The largest absolute Gasteiger partial charge is 0.319 e. The van der Waals surface area contributed by atoms with E-state index in [4.69, 9.17) is 0 Å². The summed E-state index contributed by atoms with van der Waals surface area (Å²) >= 11 is 0. The van der Waals surface area contributed by atoms with E-state index in [9.17, 15) is 4.79 Å². The number of carbonyl (C=O) groups is 1. The van der Waals surface area contributed by atoms with Crippen molar-refractivity contribution in [2.75, 3.05) is 5.32 Å². The molecule has 0 aliphatic rings. The van der Waals surface area contributed by atoms with E-state index in [1.807, 2.05) is 81.4 Å². The lowest BCUT2D eigenvalue weighted by molar-refractivity contribution is 0.101. The summed E-state index contributed by atoms with van der Waals surface area (Å²) in [6.07, 6.45) is 0. The van der Waals surface area contributed by atoms with Crippen LogP contribution in [-0.2, 0) is 0 Å². The minimum atomic E-state index is -0.326. The third-order valence-corrected chi connectivity index (χ3v) is 5.14. The van der Waals surface area contributed by atoms with Gasteiger partial charge >= 0.3 is 0 Å². The van der Waals surface area contributed by atoms with E-state index in [2.05, 4.69) is 28.4 Å². The highest BCUT2D eigenvalue weighted by molar-refractivity contribution is 6.02. The minimum Gasteiger partial charge on any atom is -0.319 e. The fourth-order valence-electron chi connectivity index (χ4n) is 3.57. The quantitative estimate of drug-likeness (QED) is 0.501. The SMILES string of the molecule is Cc1ccc(-n2nc(C(=O)Nc3c(C)cccc3C)nc2-c2ccccc2)c(C)c1. The molecular formula is C25H24N4O. The lowest BCUT2D eigenvalue weighted by Crippen LogP contribution is -2.16. The zero-order valence-corrected chi connectivity index (χ0v) is 17.6. The molecule has 0 radical (unpaired) electrons. The van der Waals surface area contributed by atoms with E-state index in [-0.39, 0.29) is 11.7 Å². The highest BCUT2D eigenvalue weighted by Gasteiger charge is 2.20. The number of amides is 1. The molecule has 5 nitrogen and oxygen atoms in total. The molecular weight excluding hydrogens is 372 g/mol. The molecule has 0 aliphatic heterocycles. The molecule has 1 N–H and O–H groups in total. The first-order chi connectivity index (χ1) is 14.4. The number of carbonyl (C=O) groups excluding carboxylic acids is 1. The van der Waals surface area contributed by atoms with E-state index < -0.39 is 0 Å².